The van der Waals surface area contributed by atoms with E-state index in [0.717, 1.165) is 59.4 Å². The van der Waals surface area contributed by atoms with Crippen molar-refractivity contribution >= 4 is 22.5 Å². The van der Waals surface area contributed by atoms with Gasteiger partial charge in [-0.3, -0.25) is 14.3 Å². The number of nitrogens with zero attached hydrogens (tertiary/aromatic N) is 2. The van der Waals surface area contributed by atoms with Crippen molar-refractivity contribution in [2.45, 2.75) is 12.5 Å². The lowest BCUT2D eigenvalue weighted by Crippen LogP contribution is -2.48. The molecule has 5 nitrogen and oxygen atoms in total. The number of hydrogen-bond acceptors (Lipinski definition) is 5. The Morgan fingerprint density at radius 1 is 1.20 bits per heavy atom. The number of ether oxygens (including phenoxy) is 2. The highest BCUT2D eigenvalue weighted by Gasteiger charge is 2.35. The molecule has 2 aliphatic heterocycles. The number of phenols is 1. The van der Waals surface area contributed by atoms with Gasteiger partial charge in [0.1, 0.15) is 30.0 Å². The van der Waals surface area contributed by atoms with Crippen molar-refractivity contribution in [3.63, 3.8) is 0 Å². The molecule has 2 aromatic carbocycles. The van der Waals surface area contributed by atoms with Crippen LogP contribution in [0.25, 0.3) is 22.0 Å². The lowest BCUT2D eigenvalue weighted by atomic mass is 9.82. The number of allylic oxidation sites excluding steroid dienone is 2. The minimum Gasteiger partial charge on any atom is -0.508 e. The van der Waals surface area contributed by atoms with Gasteiger partial charge < -0.3 is 14.6 Å². The van der Waals surface area contributed by atoms with E-state index in [-0.39, 0.29) is 30.4 Å². The minimum absolute atomic E-state index is 0.0746. The maximum Gasteiger partial charge on any atom is 0.146 e. The van der Waals surface area contributed by atoms with E-state index < -0.39 is 0 Å². The summed E-state index contributed by atoms with van der Waals surface area (Å²) in [4.78, 5) is 6.83. The van der Waals surface area contributed by atoms with Gasteiger partial charge in [-0.15, -0.1) is 0 Å². The average Bonchev–Trinajstić information content (AvgIpc) is 2.85. The Morgan fingerprint density at radius 2 is 2.09 bits per heavy atom. The quantitative estimate of drug-likeness (QED) is 0.452. The second kappa shape index (κ2) is 9.17. The molecule has 1 aliphatic carbocycles. The Kier molecular flexibility index (Phi) is 5.86. The summed E-state index contributed by atoms with van der Waals surface area (Å²) in [6, 6.07) is 11.0. The van der Waals surface area contributed by atoms with Gasteiger partial charge in [0.2, 0.25) is 0 Å². The lowest BCUT2D eigenvalue weighted by molar-refractivity contribution is 0.0562. The zero-order chi connectivity index (χ0) is 23.9. The molecule has 1 saturated heterocycles. The molecule has 6 rings (SSSR count). The van der Waals surface area contributed by atoms with Crippen LogP contribution in [0.5, 0.6) is 11.5 Å². The van der Waals surface area contributed by atoms with Crippen molar-refractivity contribution in [2.75, 3.05) is 32.9 Å². The average molecular weight is 493 g/mol. The first-order chi connectivity index (χ1) is 17.1. The van der Waals surface area contributed by atoms with E-state index in [1.54, 1.807) is 12.1 Å². The topological polar surface area (TPSA) is 54.8 Å². The fourth-order valence-corrected chi connectivity index (χ4v) is 5.47. The Labute approximate surface area is 208 Å². The van der Waals surface area contributed by atoms with Crippen LogP contribution in [0.15, 0.2) is 66.6 Å². The summed E-state index contributed by atoms with van der Waals surface area (Å²) >= 11 is 6.54. The van der Waals surface area contributed by atoms with Crippen LogP contribution in [0.1, 0.15) is 18.1 Å². The van der Waals surface area contributed by atoms with Crippen molar-refractivity contribution in [3.05, 3.63) is 77.2 Å². The first kappa shape index (κ1) is 22.4. The second-order valence-corrected chi connectivity index (χ2v) is 9.84. The molecule has 1 fully saturated rings. The smallest absolute Gasteiger partial charge is 0.146 e. The van der Waals surface area contributed by atoms with Crippen LogP contribution >= 0.6 is 11.6 Å². The van der Waals surface area contributed by atoms with Crippen molar-refractivity contribution < 1.29 is 19.0 Å². The maximum atomic E-state index is 12.6. The van der Waals surface area contributed by atoms with Gasteiger partial charge in [0.25, 0.3) is 0 Å². The summed E-state index contributed by atoms with van der Waals surface area (Å²) in [6.45, 7) is 2.80. The zero-order valence-electron chi connectivity index (χ0n) is 19.2. The van der Waals surface area contributed by atoms with Crippen LogP contribution < -0.4 is 4.74 Å². The number of rotatable bonds is 6. The first-order valence-electron chi connectivity index (χ1n) is 12.0. The highest BCUT2D eigenvalue weighted by Crippen LogP contribution is 2.51. The van der Waals surface area contributed by atoms with E-state index in [2.05, 4.69) is 22.0 Å². The standard InChI is InChI=1S/C28H26ClFN2O3/c29-24-3-1-2-21-23-14-31-25-12-19(33)6-9-22(25)26(23)27(35-28(21)24)18-4-7-20(8-5-18)34-11-10-32-15-17(13-30)16-32/h1-4,6-9,12,14,17-18,27,33H,5,10-11,13,15-16H2/t18?,27-/m1/s1. The van der Waals surface area contributed by atoms with Gasteiger partial charge in [-0.1, -0.05) is 29.8 Å². The molecule has 2 atom stereocenters. The predicted octanol–water partition coefficient (Wildman–Crippen LogP) is 6.07. The number of benzene rings is 2. The van der Waals surface area contributed by atoms with Crippen LogP contribution in [0, 0.1) is 11.8 Å². The van der Waals surface area contributed by atoms with E-state index in [4.69, 9.17) is 21.1 Å². The van der Waals surface area contributed by atoms with Gasteiger partial charge in [-0.25, -0.2) is 0 Å². The molecule has 180 valence electrons. The highest BCUT2D eigenvalue weighted by atomic mass is 35.5. The summed E-state index contributed by atoms with van der Waals surface area (Å²) in [5, 5.41) is 11.5. The largest absolute Gasteiger partial charge is 0.508 e. The number of para-hydroxylation sites is 1. The second-order valence-electron chi connectivity index (χ2n) is 9.44. The molecule has 1 aromatic heterocycles. The Hall–Kier alpha value is -3.09. The van der Waals surface area contributed by atoms with Crippen LogP contribution in [0.4, 0.5) is 4.39 Å². The molecular formula is C28H26ClFN2O3. The Bertz CT molecular complexity index is 1340. The van der Waals surface area contributed by atoms with E-state index >= 15 is 0 Å². The SMILES string of the molecule is Oc1ccc2c3c(cnc2c1)-c1cccc(Cl)c1O[C@@H]3C1C=CC(OCCN2CC(CF)C2)=CC1. The van der Waals surface area contributed by atoms with Crippen molar-refractivity contribution in [2.24, 2.45) is 11.8 Å². The van der Waals surface area contributed by atoms with Crippen molar-refractivity contribution in [3.8, 4) is 22.6 Å². The molecule has 1 unspecified atom stereocenters. The van der Waals surface area contributed by atoms with Gasteiger partial charge in [-0.2, -0.15) is 0 Å². The Morgan fingerprint density at radius 3 is 2.89 bits per heavy atom. The summed E-state index contributed by atoms with van der Waals surface area (Å²) in [6.07, 6.45) is 8.59. The Balaban J connectivity index is 1.25. The number of aromatic hydroxyl groups is 1. The minimum atomic E-state index is -0.264. The molecule has 0 saturated carbocycles. The van der Waals surface area contributed by atoms with Gasteiger partial charge >= 0.3 is 0 Å². The number of fused-ring (bicyclic) bond motifs is 5. The maximum absolute atomic E-state index is 12.6. The summed E-state index contributed by atoms with van der Waals surface area (Å²) in [5.41, 5.74) is 3.70. The molecule has 3 aromatic rings. The molecule has 3 heterocycles. The van der Waals surface area contributed by atoms with Gasteiger partial charge in [0.15, 0.2) is 0 Å². The molecule has 0 bridgehead atoms. The summed E-state index contributed by atoms with van der Waals surface area (Å²) in [7, 11) is 0. The third kappa shape index (κ3) is 4.15. The molecule has 0 amide bonds. The fourth-order valence-electron chi connectivity index (χ4n) is 5.25. The van der Waals surface area contributed by atoms with E-state index in [9.17, 15) is 9.50 Å². The lowest BCUT2D eigenvalue weighted by Gasteiger charge is -2.37. The fraction of sp³-hybridized carbons (Fsp3) is 0.321. The van der Waals surface area contributed by atoms with Crippen LogP contribution in [-0.4, -0.2) is 47.9 Å². The molecule has 7 heteroatoms. The number of likely N-dealkylation sites (tertiary alicyclic amines) is 1. The van der Waals surface area contributed by atoms with Gasteiger partial charge in [0.05, 0.1) is 17.2 Å². The van der Waals surface area contributed by atoms with E-state index in [1.807, 2.05) is 36.5 Å². The van der Waals surface area contributed by atoms with Crippen molar-refractivity contribution in [1.29, 1.82) is 0 Å². The predicted molar refractivity (Wildman–Crippen MR) is 134 cm³/mol. The number of phenolic OH excluding ortho intramolecular Hbond substituents is 1. The number of halogens is 2. The van der Waals surface area contributed by atoms with Crippen LogP contribution in [-0.2, 0) is 4.74 Å². The monoisotopic (exact) mass is 492 g/mol. The molecule has 35 heavy (non-hydrogen) atoms. The first-order valence-corrected chi connectivity index (χ1v) is 12.3. The van der Waals surface area contributed by atoms with Gasteiger partial charge in [0, 0.05) is 65.8 Å². The third-order valence-corrected chi connectivity index (χ3v) is 7.39. The van der Waals surface area contributed by atoms with E-state index in [1.165, 1.54) is 0 Å². The number of pyridine rings is 1. The molecule has 0 spiro atoms. The van der Waals surface area contributed by atoms with Gasteiger partial charge in [-0.05, 0) is 36.8 Å². The molecular weight excluding hydrogens is 467 g/mol. The molecule has 3 aliphatic rings. The zero-order valence-corrected chi connectivity index (χ0v) is 19.9. The number of hydrogen-bond donors (Lipinski definition) is 1. The normalized spacial score (nSPS) is 21.6. The number of alkyl halides is 1. The van der Waals surface area contributed by atoms with Crippen LogP contribution in [0.3, 0.4) is 0 Å². The van der Waals surface area contributed by atoms with Crippen LogP contribution in [0.2, 0.25) is 5.02 Å². The third-order valence-electron chi connectivity index (χ3n) is 7.10. The molecule has 0 radical (unpaired) electrons. The summed E-state index contributed by atoms with van der Waals surface area (Å²) in [5.74, 6) is 1.97. The summed E-state index contributed by atoms with van der Waals surface area (Å²) < 4.78 is 25.1. The van der Waals surface area contributed by atoms with Crippen molar-refractivity contribution in [1.82, 2.24) is 9.88 Å². The number of aromatic nitrogens is 1. The highest BCUT2D eigenvalue weighted by molar-refractivity contribution is 6.32. The van der Waals surface area contributed by atoms with E-state index in [0.29, 0.717) is 17.4 Å². The molecule has 1 N–H and O–H groups in total.